The van der Waals surface area contributed by atoms with Crippen molar-refractivity contribution < 1.29 is 33.6 Å². The monoisotopic (exact) mass is 639 g/mol. The number of hydrogen-bond donors (Lipinski definition) is 1. The van der Waals surface area contributed by atoms with E-state index in [1.807, 2.05) is 30.3 Å². The molecule has 1 N–H and O–H groups in total. The molecule has 192 valence electrons. The van der Waals surface area contributed by atoms with Crippen LogP contribution < -0.4 is 0 Å². The first-order chi connectivity index (χ1) is 17.3. The first-order valence-electron chi connectivity index (χ1n) is 10.8. The molecular formula is C23H18BrCl4NO7. The van der Waals surface area contributed by atoms with Crippen molar-refractivity contribution >= 4 is 74.1 Å². The van der Waals surface area contributed by atoms with Crippen LogP contribution >= 0.6 is 62.3 Å². The van der Waals surface area contributed by atoms with Crippen LogP contribution in [0.2, 0.25) is 20.1 Å². The summed E-state index contributed by atoms with van der Waals surface area (Å²) in [5, 5.41) is 11.2. The van der Waals surface area contributed by atoms with Crippen LogP contribution in [-0.2, 0) is 18.9 Å². The highest BCUT2D eigenvalue weighted by Gasteiger charge is 2.57. The second-order valence-electron chi connectivity index (χ2n) is 8.25. The first-order valence-corrected chi connectivity index (χ1v) is 13.5. The van der Waals surface area contributed by atoms with Gasteiger partial charge in [0, 0.05) is 10.9 Å². The number of carbonyl (C=O) groups is 2. The van der Waals surface area contributed by atoms with Gasteiger partial charge in [0.25, 0.3) is 11.8 Å². The number of fused-ring (bicyclic) bond motifs is 2. The molecule has 0 spiro atoms. The fraction of sp³-hybridized carbons (Fsp3) is 0.391. The van der Waals surface area contributed by atoms with Crippen LogP contribution in [0, 0.1) is 0 Å². The van der Waals surface area contributed by atoms with Crippen LogP contribution in [0.3, 0.4) is 0 Å². The zero-order chi connectivity index (χ0) is 25.7. The quantitative estimate of drug-likeness (QED) is 0.215. The van der Waals surface area contributed by atoms with Gasteiger partial charge in [0.05, 0.1) is 44.4 Å². The Morgan fingerprint density at radius 1 is 0.972 bits per heavy atom. The molecule has 36 heavy (non-hydrogen) atoms. The normalized spacial score (nSPS) is 29.9. The number of amides is 2. The van der Waals surface area contributed by atoms with E-state index in [9.17, 15) is 14.7 Å². The molecule has 5 rings (SSSR count). The fourth-order valence-corrected chi connectivity index (χ4v) is 5.77. The van der Waals surface area contributed by atoms with Gasteiger partial charge in [-0.15, -0.1) is 0 Å². The molecule has 13 heteroatoms. The number of rotatable bonds is 5. The molecule has 0 bridgehead atoms. The Labute approximate surface area is 234 Å². The topological polar surface area (TPSA) is 94.5 Å². The van der Waals surface area contributed by atoms with Crippen molar-refractivity contribution in [2.75, 3.05) is 18.5 Å². The number of alkyl halides is 1. The Kier molecular flexibility index (Phi) is 7.87. The van der Waals surface area contributed by atoms with E-state index >= 15 is 0 Å². The van der Waals surface area contributed by atoms with Crippen LogP contribution in [0.1, 0.15) is 32.6 Å². The van der Waals surface area contributed by atoms with Crippen molar-refractivity contribution in [3.05, 3.63) is 67.1 Å². The number of aliphatic hydroxyl groups is 1. The minimum atomic E-state index is -1.40. The van der Waals surface area contributed by atoms with Crippen molar-refractivity contribution in [3.8, 4) is 0 Å². The van der Waals surface area contributed by atoms with Gasteiger partial charge in [-0.25, -0.2) is 0 Å². The molecule has 0 radical (unpaired) electrons. The van der Waals surface area contributed by atoms with Crippen molar-refractivity contribution in [1.82, 2.24) is 4.90 Å². The van der Waals surface area contributed by atoms with Gasteiger partial charge >= 0.3 is 0 Å². The Hall–Kier alpha value is -0.980. The number of nitrogens with zero attached hydrogens (tertiary/aromatic N) is 1. The number of hydrogen-bond acceptors (Lipinski definition) is 7. The van der Waals surface area contributed by atoms with E-state index in [1.54, 1.807) is 0 Å². The summed E-state index contributed by atoms with van der Waals surface area (Å²) < 4.78 is 23.7. The number of benzene rings is 2. The summed E-state index contributed by atoms with van der Waals surface area (Å²) in [5.41, 5.74) is 0.329. The number of imide groups is 1. The van der Waals surface area contributed by atoms with Crippen LogP contribution in [0.15, 0.2) is 30.3 Å². The molecule has 6 atom stereocenters. The molecule has 2 aromatic carbocycles. The fourth-order valence-electron chi connectivity index (χ4n) is 4.57. The summed E-state index contributed by atoms with van der Waals surface area (Å²) in [4.78, 5) is 27.9. The third kappa shape index (κ3) is 4.37. The molecule has 3 heterocycles. The van der Waals surface area contributed by atoms with E-state index in [4.69, 9.17) is 65.4 Å². The highest BCUT2D eigenvalue weighted by atomic mass is 79.9. The van der Waals surface area contributed by atoms with Crippen molar-refractivity contribution in [2.45, 2.75) is 36.9 Å². The second kappa shape index (κ2) is 10.6. The second-order valence-corrected chi connectivity index (χ2v) is 10.6. The molecule has 1 unspecified atom stereocenters. The molecule has 2 saturated heterocycles. The van der Waals surface area contributed by atoms with E-state index < -0.39 is 48.7 Å². The summed E-state index contributed by atoms with van der Waals surface area (Å²) in [7, 11) is 0. The van der Waals surface area contributed by atoms with Gasteiger partial charge in [0.1, 0.15) is 24.4 Å². The van der Waals surface area contributed by atoms with Gasteiger partial charge in [-0.05, 0) is 0 Å². The molecular weight excluding hydrogens is 624 g/mol. The van der Waals surface area contributed by atoms with Crippen LogP contribution in [0.5, 0.6) is 0 Å². The van der Waals surface area contributed by atoms with Crippen molar-refractivity contribution in [2.24, 2.45) is 0 Å². The van der Waals surface area contributed by atoms with Gasteiger partial charge < -0.3 is 24.1 Å². The van der Waals surface area contributed by atoms with Gasteiger partial charge in [-0.2, -0.15) is 0 Å². The Balaban J connectivity index is 1.51. The summed E-state index contributed by atoms with van der Waals surface area (Å²) in [6, 6.07) is 7.86. The lowest BCUT2D eigenvalue weighted by atomic mass is 9.94. The molecule has 3 aliphatic rings. The standard InChI is InChI=1S/C23H18BrCl4NO7/c24-6-7-33-23-17(29-20(31)11-12(21(29)32)14(26)16(28)15(27)13(11)25)18(30)19-10(35-23)8-34-22(36-19)9-4-2-1-3-5-9/h1-5,10,17-19,22-23,30H,6-8H2/t10-,17-,18-,19-,22?,23-/m1/s1. The molecule has 0 aromatic heterocycles. The van der Waals surface area contributed by atoms with Gasteiger partial charge in [-0.1, -0.05) is 92.7 Å². The summed E-state index contributed by atoms with van der Waals surface area (Å²) in [6.07, 6.45) is -5.03. The molecule has 2 fully saturated rings. The predicted octanol–water partition coefficient (Wildman–Crippen LogP) is 4.88. The third-order valence-electron chi connectivity index (χ3n) is 6.19. The highest BCUT2D eigenvalue weighted by molar-refractivity contribution is 9.09. The molecule has 3 aliphatic heterocycles. The molecule has 0 aliphatic carbocycles. The third-order valence-corrected chi connectivity index (χ3v) is 8.32. The zero-order valence-electron chi connectivity index (χ0n) is 18.2. The van der Waals surface area contributed by atoms with E-state index in [-0.39, 0.29) is 44.4 Å². The van der Waals surface area contributed by atoms with Gasteiger partial charge in [0.2, 0.25) is 0 Å². The number of halogens is 5. The molecule has 2 aromatic rings. The average Bonchev–Trinajstić information content (AvgIpc) is 3.15. The lowest BCUT2D eigenvalue weighted by molar-refractivity contribution is -0.348. The summed E-state index contributed by atoms with van der Waals surface area (Å²) in [5.74, 6) is -1.63. The minimum Gasteiger partial charge on any atom is -0.388 e. The predicted molar refractivity (Wildman–Crippen MR) is 135 cm³/mol. The molecule has 2 amide bonds. The van der Waals surface area contributed by atoms with E-state index in [0.717, 1.165) is 10.5 Å². The largest absolute Gasteiger partial charge is 0.388 e. The van der Waals surface area contributed by atoms with E-state index in [2.05, 4.69) is 15.9 Å². The first kappa shape index (κ1) is 26.6. The van der Waals surface area contributed by atoms with E-state index in [1.165, 1.54) is 0 Å². The van der Waals surface area contributed by atoms with Gasteiger partial charge in [0.15, 0.2) is 12.6 Å². The maximum Gasteiger partial charge on any atom is 0.263 e. The number of ether oxygens (including phenoxy) is 4. The summed E-state index contributed by atoms with van der Waals surface area (Å²) in [6.45, 7) is 0.259. The molecule has 8 nitrogen and oxygen atoms in total. The number of carbonyl (C=O) groups excluding carboxylic acids is 2. The van der Waals surface area contributed by atoms with Crippen molar-refractivity contribution in [3.63, 3.8) is 0 Å². The van der Waals surface area contributed by atoms with E-state index in [0.29, 0.717) is 5.33 Å². The average molecular weight is 642 g/mol. The smallest absolute Gasteiger partial charge is 0.263 e. The summed E-state index contributed by atoms with van der Waals surface area (Å²) >= 11 is 28.1. The van der Waals surface area contributed by atoms with Gasteiger partial charge in [-0.3, -0.25) is 14.5 Å². The van der Waals surface area contributed by atoms with Crippen molar-refractivity contribution in [1.29, 1.82) is 0 Å². The SMILES string of the molecule is O=C1c2c(Cl)c(Cl)c(Cl)c(Cl)c2C(=O)N1[C@H]1[C@H](OCCBr)O[C@@H]2COC(c3ccccc3)O[C@H]2[C@@H]1O. The Bertz CT molecular complexity index is 1160. The lowest BCUT2D eigenvalue weighted by Crippen LogP contribution is -2.67. The minimum absolute atomic E-state index is 0.0904. The molecule has 0 saturated carbocycles. The van der Waals surface area contributed by atoms with Crippen LogP contribution in [-0.4, -0.2) is 71.0 Å². The number of aliphatic hydroxyl groups excluding tert-OH is 1. The maximum atomic E-state index is 13.5. The van der Waals surface area contributed by atoms with Crippen LogP contribution in [0.4, 0.5) is 0 Å². The Morgan fingerprint density at radius 2 is 1.58 bits per heavy atom. The lowest BCUT2D eigenvalue weighted by Gasteiger charge is -2.49. The van der Waals surface area contributed by atoms with Crippen LogP contribution in [0.25, 0.3) is 0 Å². The zero-order valence-corrected chi connectivity index (χ0v) is 22.8. The Morgan fingerprint density at radius 3 is 2.17 bits per heavy atom. The highest BCUT2D eigenvalue weighted by Crippen LogP contribution is 2.46. The maximum absolute atomic E-state index is 13.5.